The molecule has 98 valence electrons. The van der Waals surface area contributed by atoms with Gasteiger partial charge >= 0.3 is 5.97 Å². The largest absolute Gasteiger partial charge is 0.465 e. The van der Waals surface area contributed by atoms with Crippen molar-refractivity contribution in [3.63, 3.8) is 0 Å². The first-order valence-electron chi connectivity index (χ1n) is 5.64. The third kappa shape index (κ3) is 2.76. The van der Waals surface area contributed by atoms with Crippen molar-refractivity contribution >= 4 is 33.3 Å². The highest BCUT2D eigenvalue weighted by Crippen LogP contribution is 2.30. The lowest BCUT2D eigenvalue weighted by molar-refractivity contribution is -0.0410. The van der Waals surface area contributed by atoms with Crippen LogP contribution in [0.15, 0.2) is 16.6 Å². The Hall–Kier alpha value is -1.27. The average Bonchev–Trinajstić information content (AvgIpc) is 2.31. The molecule has 0 aliphatic carbocycles. The van der Waals surface area contributed by atoms with E-state index in [0.29, 0.717) is 28.0 Å². The van der Waals surface area contributed by atoms with Crippen molar-refractivity contribution in [2.24, 2.45) is 0 Å². The number of carbonyl (C=O) groups is 1. The van der Waals surface area contributed by atoms with Gasteiger partial charge in [-0.05, 0) is 34.5 Å². The molecule has 5 nitrogen and oxygen atoms in total. The smallest absolute Gasteiger partial charge is 0.337 e. The predicted octanol–water partition coefficient (Wildman–Crippen LogP) is 2.02. The van der Waals surface area contributed by atoms with Crippen molar-refractivity contribution in [3.8, 4) is 0 Å². The number of methoxy groups -OCH3 is 1. The van der Waals surface area contributed by atoms with E-state index in [1.54, 1.807) is 12.1 Å². The van der Waals surface area contributed by atoms with Gasteiger partial charge in [0.2, 0.25) is 0 Å². The molecule has 1 aliphatic heterocycles. The lowest BCUT2D eigenvalue weighted by Gasteiger charge is -2.27. The number of nitrogens with two attached hydrogens (primary N) is 1. The lowest BCUT2D eigenvalue weighted by Crippen LogP contribution is -2.33. The molecule has 3 N–H and O–H groups in total. The van der Waals surface area contributed by atoms with Crippen LogP contribution in [0.3, 0.4) is 0 Å². The molecule has 1 aliphatic rings. The molecule has 1 unspecified atom stereocenters. The summed E-state index contributed by atoms with van der Waals surface area (Å²) in [7, 11) is 1.35. The summed E-state index contributed by atoms with van der Waals surface area (Å²) in [5.41, 5.74) is 7.67. The molecule has 1 aromatic rings. The number of nitrogen functional groups attached to an aromatic ring is 1. The second-order valence-corrected chi connectivity index (χ2v) is 4.93. The standard InChI is InChI=1S/C12H15BrN2O3/c1-17-12(16)7-4-9(13)11(14)10(5-7)15-6-8-2-3-18-8/h4-5,8,15H,2-3,6,14H2,1H3. The lowest BCUT2D eigenvalue weighted by atomic mass is 10.1. The Morgan fingerprint density at radius 1 is 1.67 bits per heavy atom. The van der Waals surface area contributed by atoms with Gasteiger partial charge in [0.05, 0.1) is 30.2 Å². The van der Waals surface area contributed by atoms with E-state index in [9.17, 15) is 4.79 Å². The van der Waals surface area contributed by atoms with Gasteiger partial charge in [-0.15, -0.1) is 0 Å². The quantitative estimate of drug-likeness (QED) is 0.657. The minimum atomic E-state index is -0.390. The van der Waals surface area contributed by atoms with E-state index >= 15 is 0 Å². The predicted molar refractivity (Wildman–Crippen MR) is 72.7 cm³/mol. The molecule has 1 atom stereocenters. The molecule has 0 saturated carbocycles. The molecule has 1 saturated heterocycles. The van der Waals surface area contributed by atoms with Crippen molar-refractivity contribution in [1.82, 2.24) is 0 Å². The van der Waals surface area contributed by atoms with Gasteiger partial charge < -0.3 is 20.5 Å². The summed E-state index contributed by atoms with van der Waals surface area (Å²) in [5, 5.41) is 3.19. The van der Waals surface area contributed by atoms with E-state index in [-0.39, 0.29) is 6.10 Å². The molecule has 0 bridgehead atoms. The zero-order valence-corrected chi connectivity index (χ0v) is 11.6. The van der Waals surface area contributed by atoms with Crippen molar-refractivity contribution in [2.75, 3.05) is 31.3 Å². The van der Waals surface area contributed by atoms with Crippen LogP contribution in [0.1, 0.15) is 16.8 Å². The summed E-state index contributed by atoms with van der Waals surface area (Å²) in [5.74, 6) is -0.390. The number of anilines is 2. The van der Waals surface area contributed by atoms with Crippen LogP contribution in [-0.4, -0.2) is 32.3 Å². The maximum absolute atomic E-state index is 11.5. The molecule has 0 amide bonds. The number of halogens is 1. The first-order chi connectivity index (χ1) is 8.61. The van der Waals surface area contributed by atoms with E-state index in [1.807, 2.05) is 0 Å². The van der Waals surface area contributed by atoms with Crippen molar-refractivity contribution < 1.29 is 14.3 Å². The van der Waals surface area contributed by atoms with Crippen LogP contribution in [0.25, 0.3) is 0 Å². The number of ether oxygens (including phenoxy) is 2. The maximum Gasteiger partial charge on any atom is 0.337 e. The number of esters is 1. The number of carbonyl (C=O) groups excluding carboxylic acids is 1. The Labute approximate surface area is 114 Å². The molecule has 1 heterocycles. The van der Waals surface area contributed by atoms with E-state index < -0.39 is 5.97 Å². The monoisotopic (exact) mass is 314 g/mol. The maximum atomic E-state index is 11.5. The minimum Gasteiger partial charge on any atom is -0.465 e. The molecule has 0 aromatic heterocycles. The zero-order valence-electron chi connectivity index (χ0n) is 10.0. The number of hydrogen-bond donors (Lipinski definition) is 2. The summed E-state index contributed by atoms with van der Waals surface area (Å²) >= 11 is 3.33. The van der Waals surface area contributed by atoms with E-state index in [0.717, 1.165) is 13.0 Å². The zero-order chi connectivity index (χ0) is 13.1. The van der Waals surface area contributed by atoms with E-state index in [4.69, 9.17) is 15.2 Å². The summed E-state index contributed by atoms with van der Waals surface area (Å²) in [6, 6.07) is 3.33. The van der Waals surface area contributed by atoms with Gasteiger partial charge in [-0.3, -0.25) is 0 Å². The first kappa shape index (κ1) is 13.2. The van der Waals surface area contributed by atoms with Gasteiger partial charge in [-0.1, -0.05) is 0 Å². The van der Waals surface area contributed by atoms with Gasteiger partial charge in [0.15, 0.2) is 0 Å². The Morgan fingerprint density at radius 2 is 2.39 bits per heavy atom. The summed E-state index contributed by atoms with van der Waals surface area (Å²) in [6.45, 7) is 1.50. The third-order valence-corrected chi connectivity index (χ3v) is 3.52. The molecular weight excluding hydrogens is 300 g/mol. The van der Waals surface area contributed by atoms with Crippen LogP contribution in [0.2, 0.25) is 0 Å². The summed E-state index contributed by atoms with van der Waals surface area (Å²) in [6.07, 6.45) is 1.27. The SMILES string of the molecule is COC(=O)c1cc(Br)c(N)c(NCC2CCO2)c1. The van der Waals surface area contributed by atoms with E-state index in [1.165, 1.54) is 7.11 Å². The minimum absolute atomic E-state index is 0.227. The molecule has 6 heteroatoms. The highest BCUT2D eigenvalue weighted by molar-refractivity contribution is 9.10. The molecule has 1 aromatic carbocycles. The molecular formula is C12H15BrN2O3. The number of nitrogens with one attached hydrogen (secondary N) is 1. The second kappa shape index (κ2) is 5.58. The van der Waals surface area contributed by atoms with Crippen LogP contribution >= 0.6 is 15.9 Å². The Morgan fingerprint density at radius 3 is 2.94 bits per heavy atom. The second-order valence-electron chi connectivity index (χ2n) is 4.07. The Bertz CT molecular complexity index is 461. The molecule has 2 rings (SSSR count). The first-order valence-corrected chi connectivity index (χ1v) is 6.44. The number of benzene rings is 1. The highest BCUT2D eigenvalue weighted by Gasteiger charge is 2.19. The van der Waals surface area contributed by atoms with Gasteiger partial charge in [0, 0.05) is 17.6 Å². The van der Waals surface area contributed by atoms with E-state index in [2.05, 4.69) is 21.2 Å². The van der Waals surface area contributed by atoms with Gasteiger partial charge in [0.1, 0.15) is 0 Å². The fourth-order valence-electron chi connectivity index (χ4n) is 1.67. The van der Waals surface area contributed by atoms with Crippen molar-refractivity contribution in [1.29, 1.82) is 0 Å². The molecule has 0 radical (unpaired) electrons. The normalized spacial score (nSPS) is 18.0. The molecule has 0 spiro atoms. The fraction of sp³-hybridized carbons (Fsp3) is 0.417. The van der Waals surface area contributed by atoms with Crippen LogP contribution in [0, 0.1) is 0 Å². The third-order valence-electron chi connectivity index (χ3n) is 2.86. The summed E-state index contributed by atoms with van der Waals surface area (Å²) in [4.78, 5) is 11.5. The summed E-state index contributed by atoms with van der Waals surface area (Å²) < 4.78 is 10.7. The molecule has 1 fully saturated rings. The molecule has 18 heavy (non-hydrogen) atoms. The van der Waals surface area contributed by atoms with Crippen LogP contribution in [-0.2, 0) is 9.47 Å². The van der Waals surface area contributed by atoms with Gasteiger partial charge in [-0.25, -0.2) is 4.79 Å². The van der Waals surface area contributed by atoms with Crippen LogP contribution < -0.4 is 11.1 Å². The Kier molecular flexibility index (Phi) is 4.08. The van der Waals surface area contributed by atoms with Crippen LogP contribution in [0.4, 0.5) is 11.4 Å². The number of hydrogen-bond acceptors (Lipinski definition) is 5. The fourth-order valence-corrected chi connectivity index (χ4v) is 2.13. The topological polar surface area (TPSA) is 73.6 Å². The van der Waals surface area contributed by atoms with Gasteiger partial charge in [0.25, 0.3) is 0 Å². The van der Waals surface area contributed by atoms with Crippen molar-refractivity contribution in [3.05, 3.63) is 22.2 Å². The number of rotatable bonds is 4. The highest BCUT2D eigenvalue weighted by atomic mass is 79.9. The van der Waals surface area contributed by atoms with Gasteiger partial charge in [-0.2, -0.15) is 0 Å². The van der Waals surface area contributed by atoms with Crippen LogP contribution in [0.5, 0.6) is 0 Å². The van der Waals surface area contributed by atoms with Crippen molar-refractivity contribution in [2.45, 2.75) is 12.5 Å². The average molecular weight is 315 g/mol. The Balaban J connectivity index is 2.15.